The van der Waals surface area contributed by atoms with E-state index in [1.54, 1.807) is 12.4 Å². The van der Waals surface area contributed by atoms with Gasteiger partial charge in [0.25, 0.3) is 0 Å². The normalized spacial score (nSPS) is 9.92. The van der Waals surface area contributed by atoms with Crippen LogP contribution in [-0.2, 0) is 0 Å². The number of hydrogen-bond acceptors (Lipinski definition) is 4. The average molecular weight is 237 g/mol. The van der Waals surface area contributed by atoms with E-state index in [-0.39, 0.29) is 0 Å². The molecule has 4 nitrogen and oxygen atoms in total. The van der Waals surface area contributed by atoms with Crippen LogP contribution in [0, 0.1) is 0 Å². The Hall–Kier alpha value is -1.36. The van der Waals surface area contributed by atoms with Gasteiger partial charge in [0.15, 0.2) is 0 Å². The van der Waals surface area contributed by atoms with Crippen molar-refractivity contribution in [2.24, 2.45) is 0 Å². The molecule has 0 aliphatic carbocycles. The molecule has 5 heteroatoms. The van der Waals surface area contributed by atoms with Gasteiger partial charge >= 0.3 is 0 Å². The summed E-state index contributed by atoms with van der Waals surface area (Å²) in [6.45, 7) is 0. The van der Waals surface area contributed by atoms with E-state index in [1.807, 2.05) is 12.1 Å². The van der Waals surface area contributed by atoms with Crippen LogP contribution in [0.1, 0.15) is 0 Å². The third-order valence-electron chi connectivity index (χ3n) is 1.49. The summed E-state index contributed by atoms with van der Waals surface area (Å²) in [6, 6.07) is 3.69. The van der Waals surface area contributed by atoms with E-state index in [9.17, 15) is 0 Å². The lowest BCUT2D eigenvalue weighted by molar-refractivity contribution is 1.01. The van der Waals surface area contributed by atoms with Crippen LogP contribution >= 0.6 is 15.9 Å². The summed E-state index contributed by atoms with van der Waals surface area (Å²) >= 11 is 3.21. The summed E-state index contributed by atoms with van der Waals surface area (Å²) in [5.41, 5.74) is 1.63. The van der Waals surface area contributed by atoms with E-state index in [0.717, 1.165) is 11.3 Å². The van der Waals surface area contributed by atoms with Gasteiger partial charge in [-0.05, 0) is 28.1 Å². The monoisotopic (exact) mass is 236 g/mol. The van der Waals surface area contributed by atoms with Gasteiger partial charge in [0.2, 0.25) is 0 Å². The first-order valence-corrected chi connectivity index (χ1v) is 4.40. The molecule has 0 saturated heterocycles. The Bertz CT molecular complexity index is 387. The molecular formula is C8H5BrN4. The summed E-state index contributed by atoms with van der Waals surface area (Å²) < 4.78 is 0.716. The molecule has 0 unspecified atom stereocenters. The van der Waals surface area contributed by atoms with Crippen molar-refractivity contribution in [2.45, 2.75) is 0 Å². The van der Waals surface area contributed by atoms with E-state index in [4.69, 9.17) is 0 Å². The Morgan fingerprint density at radius 1 is 1.00 bits per heavy atom. The van der Waals surface area contributed by atoms with Gasteiger partial charge in [-0.25, -0.2) is 9.97 Å². The van der Waals surface area contributed by atoms with E-state index in [0.29, 0.717) is 4.60 Å². The Labute approximate surface area is 83.2 Å². The molecule has 0 atom stereocenters. The van der Waals surface area contributed by atoms with Crippen LogP contribution in [0.3, 0.4) is 0 Å². The van der Waals surface area contributed by atoms with Crippen molar-refractivity contribution in [3.63, 3.8) is 0 Å². The van der Waals surface area contributed by atoms with Crippen LogP contribution in [0.15, 0.2) is 35.5 Å². The van der Waals surface area contributed by atoms with Crippen molar-refractivity contribution in [1.82, 2.24) is 20.2 Å². The van der Waals surface area contributed by atoms with Gasteiger partial charge in [-0.15, -0.1) is 10.2 Å². The fourth-order valence-electron chi connectivity index (χ4n) is 0.901. The SMILES string of the molecule is Brc1ccc(-c2cncnc2)nn1. The zero-order valence-corrected chi connectivity index (χ0v) is 8.14. The summed E-state index contributed by atoms with van der Waals surface area (Å²) in [4.78, 5) is 7.79. The van der Waals surface area contributed by atoms with Crippen LogP contribution in [0.4, 0.5) is 0 Å². The minimum atomic E-state index is 0.716. The van der Waals surface area contributed by atoms with Crippen LogP contribution in [0.25, 0.3) is 11.3 Å². The smallest absolute Gasteiger partial charge is 0.128 e. The lowest BCUT2D eigenvalue weighted by Crippen LogP contribution is -1.88. The summed E-state index contributed by atoms with van der Waals surface area (Å²) in [5, 5.41) is 7.84. The highest BCUT2D eigenvalue weighted by Gasteiger charge is 1.98. The number of hydrogen-bond donors (Lipinski definition) is 0. The highest BCUT2D eigenvalue weighted by Crippen LogP contribution is 2.14. The summed E-state index contributed by atoms with van der Waals surface area (Å²) in [5.74, 6) is 0. The van der Waals surface area contributed by atoms with E-state index in [1.165, 1.54) is 6.33 Å². The zero-order valence-electron chi connectivity index (χ0n) is 6.55. The van der Waals surface area contributed by atoms with Gasteiger partial charge in [0.1, 0.15) is 10.9 Å². The minimum absolute atomic E-state index is 0.716. The third-order valence-corrected chi connectivity index (χ3v) is 1.91. The number of halogens is 1. The molecule has 0 fully saturated rings. The summed E-state index contributed by atoms with van der Waals surface area (Å²) in [6.07, 6.45) is 4.88. The second-order valence-electron chi connectivity index (χ2n) is 2.37. The quantitative estimate of drug-likeness (QED) is 0.757. The second-order valence-corrected chi connectivity index (χ2v) is 3.18. The van der Waals surface area contributed by atoms with Crippen molar-refractivity contribution < 1.29 is 0 Å². The molecule has 0 radical (unpaired) electrons. The van der Waals surface area contributed by atoms with Crippen LogP contribution in [-0.4, -0.2) is 20.2 Å². The number of rotatable bonds is 1. The molecule has 0 saturated carbocycles. The molecule has 0 amide bonds. The number of aromatic nitrogens is 4. The predicted octanol–water partition coefficient (Wildman–Crippen LogP) is 1.70. The minimum Gasteiger partial charge on any atom is -0.244 e. The van der Waals surface area contributed by atoms with Crippen molar-refractivity contribution in [3.05, 3.63) is 35.5 Å². The van der Waals surface area contributed by atoms with Gasteiger partial charge in [-0.3, -0.25) is 0 Å². The van der Waals surface area contributed by atoms with Gasteiger partial charge in [0.05, 0.1) is 5.69 Å². The standard InChI is InChI=1S/C8H5BrN4/c9-8-2-1-7(12-13-8)6-3-10-5-11-4-6/h1-5H. The highest BCUT2D eigenvalue weighted by atomic mass is 79.9. The first kappa shape index (κ1) is 8.25. The van der Waals surface area contributed by atoms with Crippen molar-refractivity contribution >= 4 is 15.9 Å². The largest absolute Gasteiger partial charge is 0.244 e. The van der Waals surface area contributed by atoms with Crippen LogP contribution in [0.2, 0.25) is 0 Å². The van der Waals surface area contributed by atoms with Crippen molar-refractivity contribution in [2.75, 3.05) is 0 Å². The van der Waals surface area contributed by atoms with Gasteiger partial charge in [0, 0.05) is 18.0 Å². The van der Waals surface area contributed by atoms with Crippen molar-refractivity contribution in [3.8, 4) is 11.3 Å². The fourth-order valence-corrected chi connectivity index (χ4v) is 1.11. The van der Waals surface area contributed by atoms with Crippen molar-refractivity contribution in [1.29, 1.82) is 0 Å². The Kier molecular flexibility index (Phi) is 2.27. The molecule has 0 aliphatic heterocycles. The van der Waals surface area contributed by atoms with Crippen LogP contribution in [0.5, 0.6) is 0 Å². The van der Waals surface area contributed by atoms with E-state index in [2.05, 4.69) is 36.1 Å². The molecule has 0 N–H and O–H groups in total. The molecule has 2 rings (SSSR count). The third kappa shape index (κ3) is 1.86. The van der Waals surface area contributed by atoms with E-state index >= 15 is 0 Å². The molecule has 0 spiro atoms. The maximum atomic E-state index is 3.97. The lowest BCUT2D eigenvalue weighted by atomic mass is 10.2. The maximum absolute atomic E-state index is 3.97. The lowest BCUT2D eigenvalue weighted by Gasteiger charge is -1.96. The Morgan fingerprint density at radius 2 is 1.77 bits per heavy atom. The van der Waals surface area contributed by atoms with E-state index < -0.39 is 0 Å². The van der Waals surface area contributed by atoms with Gasteiger partial charge in [-0.1, -0.05) is 0 Å². The molecular weight excluding hydrogens is 232 g/mol. The second kappa shape index (κ2) is 3.57. The average Bonchev–Trinajstić information content (AvgIpc) is 2.20. The molecule has 64 valence electrons. The first-order chi connectivity index (χ1) is 6.36. The van der Waals surface area contributed by atoms with Crippen LogP contribution < -0.4 is 0 Å². The molecule has 13 heavy (non-hydrogen) atoms. The maximum Gasteiger partial charge on any atom is 0.128 e. The van der Waals surface area contributed by atoms with Gasteiger partial charge < -0.3 is 0 Å². The highest BCUT2D eigenvalue weighted by molar-refractivity contribution is 9.10. The first-order valence-electron chi connectivity index (χ1n) is 3.61. The summed E-state index contributed by atoms with van der Waals surface area (Å²) in [7, 11) is 0. The van der Waals surface area contributed by atoms with Gasteiger partial charge in [-0.2, -0.15) is 0 Å². The molecule has 0 aromatic carbocycles. The topological polar surface area (TPSA) is 51.6 Å². The fraction of sp³-hybridized carbons (Fsp3) is 0. The molecule has 2 aromatic rings. The number of nitrogens with zero attached hydrogens (tertiary/aromatic N) is 4. The molecule has 0 aliphatic rings. The Balaban J connectivity index is 2.42. The molecule has 2 heterocycles. The molecule has 0 bridgehead atoms. The Morgan fingerprint density at radius 3 is 2.38 bits per heavy atom. The zero-order chi connectivity index (χ0) is 9.10. The predicted molar refractivity (Wildman–Crippen MR) is 50.8 cm³/mol. The molecule has 2 aromatic heterocycles.